The summed E-state index contributed by atoms with van der Waals surface area (Å²) >= 11 is 1.15. The van der Waals surface area contributed by atoms with Crippen LogP contribution in [0.4, 0.5) is 38.7 Å². The van der Waals surface area contributed by atoms with Gasteiger partial charge in [0.2, 0.25) is 5.82 Å². The lowest BCUT2D eigenvalue weighted by Crippen LogP contribution is -2.56. The molecule has 2 aromatic heterocycles. The van der Waals surface area contributed by atoms with Gasteiger partial charge in [-0.3, -0.25) is 9.80 Å². The lowest BCUT2D eigenvalue weighted by atomic mass is 10.1. The summed E-state index contributed by atoms with van der Waals surface area (Å²) in [6.45, 7) is 5.39. The highest BCUT2D eigenvalue weighted by Crippen LogP contribution is 2.39. The number of thiazole rings is 1. The first kappa shape index (κ1) is 33.3. The van der Waals surface area contributed by atoms with Crippen molar-refractivity contribution in [2.24, 2.45) is 0 Å². The van der Waals surface area contributed by atoms with Crippen LogP contribution in [0.1, 0.15) is 36.6 Å². The van der Waals surface area contributed by atoms with Crippen molar-refractivity contribution in [1.82, 2.24) is 24.8 Å². The number of nitrogens with one attached hydrogen (secondary N) is 1. The zero-order valence-electron chi connectivity index (χ0n) is 24.9. The van der Waals surface area contributed by atoms with Crippen molar-refractivity contribution in [1.29, 1.82) is 0 Å². The van der Waals surface area contributed by atoms with E-state index < -0.39 is 29.7 Å². The van der Waals surface area contributed by atoms with Gasteiger partial charge < -0.3 is 25.2 Å². The van der Waals surface area contributed by atoms with Crippen LogP contribution in [0, 0.1) is 11.6 Å². The highest BCUT2D eigenvalue weighted by atomic mass is 32.1. The fraction of sp³-hybridized carbons (Fsp3) is 0.552. The molecule has 16 heteroatoms. The first-order chi connectivity index (χ1) is 21.4. The summed E-state index contributed by atoms with van der Waals surface area (Å²) in [5.74, 6) is -1.90. The molecule has 3 N–H and O–H groups in total. The quantitative estimate of drug-likeness (QED) is 0.202. The molecule has 2 aliphatic heterocycles. The number of halogens is 5. The third-order valence-electron chi connectivity index (χ3n) is 8.13. The highest BCUT2D eigenvalue weighted by molar-refractivity contribution is 7.16. The molecule has 0 aliphatic carbocycles. The Morgan fingerprint density at radius 1 is 1.13 bits per heavy atom. The molecule has 0 amide bonds. The second kappa shape index (κ2) is 14.2. The second-order valence-electron chi connectivity index (χ2n) is 11.3. The third kappa shape index (κ3) is 8.04. The maximum atomic E-state index is 16.0. The monoisotopic (exact) mass is 657 g/mol. The molecule has 1 aromatic carbocycles. The van der Waals surface area contributed by atoms with Gasteiger partial charge in [-0.15, -0.1) is 0 Å². The number of benzene rings is 1. The number of rotatable bonds is 11. The van der Waals surface area contributed by atoms with Crippen LogP contribution in [0.2, 0.25) is 0 Å². The maximum absolute atomic E-state index is 16.0. The number of methoxy groups -OCH3 is 1. The molecule has 246 valence electrons. The van der Waals surface area contributed by atoms with Gasteiger partial charge in [0.25, 0.3) is 0 Å². The molecule has 5 rings (SSSR count). The fourth-order valence-corrected chi connectivity index (χ4v) is 6.83. The minimum atomic E-state index is -4.75. The van der Waals surface area contributed by atoms with Crippen LogP contribution >= 0.6 is 11.3 Å². The molecule has 2 atom stereocenters. The number of nitrogens with zero attached hydrogens (tertiary/aromatic N) is 6. The van der Waals surface area contributed by atoms with Crippen molar-refractivity contribution in [2.75, 3.05) is 56.7 Å². The van der Waals surface area contributed by atoms with Crippen molar-refractivity contribution in [3.63, 3.8) is 0 Å². The Kier molecular flexibility index (Phi) is 10.5. The first-order valence-electron chi connectivity index (χ1n) is 14.7. The second-order valence-corrected chi connectivity index (χ2v) is 12.4. The van der Waals surface area contributed by atoms with Crippen LogP contribution < -0.4 is 10.2 Å². The summed E-state index contributed by atoms with van der Waals surface area (Å²) in [6, 6.07) is 2.31. The number of aliphatic hydroxyl groups excluding tert-OH is 1. The van der Waals surface area contributed by atoms with Crippen LogP contribution in [0.3, 0.4) is 0 Å². The SMILES string of the molecule is COC[C@@H]1CN(CCC(O)O)CCN1c1ncnc(Nc2nc(-c3cc(F)cc(C(F)(F)F)c3)c(CN3CCC[C@H]3C)s2)c1F. The minimum Gasteiger partial charge on any atom is -0.383 e. The predicted octanol–water partition coefficient (Wildman–Crippen LogP) is 4.46. The molecule has 2 saturated heterocycles. The number of aliphatic hydroxyl groups is 2. The smallest absolute Gasteiger partial charge is 0.383 e. The number of hydrogen-bond acceptors (Lipinski definition) is 11. The van der Waals surface area contributed by atoms with Gasteiger partial charge in [-0.2, -0.15) is 17.6 Å². The Labute approximate surface area is 261 Å². The minimum absolute atomic E-state index is 0.0219. The highest BCUT2D eigenvalue weighted by Gasteiger charge is 2.33. The summed E-state index contributed by atoms with van der Waals surface area (Å²) in [6.07, 6.45) is -2.82. The van der Waals surface area contributed by atoms with Crippen LogP contribution in [0.15, 0.2) is 24.5 Å². The number of ether oxygens (including phenoxy) is 1. The van der Waals surface area contributed by atoms with Gasteiger partial charge in [-0.25, -0.2) is 19.3 Å². The van der Waals surface area contributed by atoms with Crippen molar-refractivity contribution >= 4 is 28.1 Å². The normalized spacial score (nSPS) is 20.0. The Morgan fingerprint density at radius 3 is 2.62 bits per heavy atom. The maximum Gasteiger partial charge on any atom is 0.416 e. The summed E-state index contributed by atoms with van der Waals surface area (Å²) in [5, 5.41) is 21.6. The molecule has 10 nitrogen and oxygen atoms in total. The number of hydrogen-bond donors (Lipinski definition) is 3. The first-order valence-corrected chi connectivity index (χ1v) is 15.5. The molecule has 0 radical (unpaired) electrons. The van der Waals surface area contributed by atoms with Crippen LogP contribution in [0.5, 0.6) is 0 Å². The van der Waals surface area contributed by atoms with Gasteiger partial charge in [0, 0.05) is 62.7 Å². The zero-order chi connectivity index (χ0) is 32.3. The lowest BCUT2D eigenvalue weighted by molar-refractivity contribution is -0.137. The molecule has 45 heavy (non-hydrogen) atoms. The van der Waals surface area contributed by atoms with Gasteiger partial charge in [-0.05, 0) is 44.5 Å². The summed E-state index contributed by atoms with van der Waals surface area (Å²) < 4.78 is 76.4. The van der Waals surface area contributed by atoms with Crippen molar-refractivity contribution in [2.45, 2.75) is 57.3 Å². The van der Waals surface area contributed by atoms with Crippen LogP contribution in [-0.2, 0) is 17.5 Å². The van der Waals surface area contributed by atoms with E-state index in [0.717, 1.165) is 42.9 Å². The van der Waals surface area contributed by atoms with E-state index in [4.69, 9.17) is 4.74 Å². The van der Waals surface area contributed by atoms with Gasteiger partial charge in [0.05, 0.1) is 23.9 Å². The van der Waals surface area contributed by atoms with E-state index in [1.165, 1.54) is 13.4 Å². The van der Waals surface area contributed by atoms with E-state index in [2.05, 4.69) is 32.1 Å². The summed E-state index contributed by atoms with van der Waals surface area (Å²) in [5.41, 5.74) is -0.956. The molecule has 3 aromatic rings. The largest absolute Gasteiger partial charge is 0.416 e. The number of piperazine rings is 1. The van der Waals surface area contributed by atoms with Crippen molar-refractivity contribution in [3.8, 4) is 11.3 Å². The summed E-state index contributed by atoms with van der Waals surface area (Å²) in [7, 11) is 1.54. The lowest BCUT2D eigenvalue weighted by Gasteiger charge is -2.42. The van der Waals surface area contributed by atoms with Crippen LogP contribution in [-0.4, -0.2) is 99.8 Å². The van der Waals surface area contributed by atoms with Gasteiger partial charge >= 0.3 is 6.18 Å². The molecule has 0 spiro atoms. The molecule has 0 bridgehead atoms. The number of aromatic nitrogens is 3. The average molecular weight is 658 g/mol. The van der Waals surface area contributed by atoms with E-state index in [0.29, 0.717) is 43.7 Å². The Morgan fingerprint density at radius 2 is 1.93 bits per heavy atom. The summed E-state index contributed by atoms with van der Waals surface area (Å²) in [4.78, 5) is 19.4. The standard InChI is InChI=1S/C29H36F5N7O3S/c1-17-4-3-6-40(17)14-22-25(18-10-19(29(32,33)34)12-20(30)11-18)37-28(45-22)38-26-24(31)27(36-16-35-26)41-9-8-39(7-5-23(42)43)13-21(41)15-44-2/h10-12,16-17,21,23,42-43H,3-9,13-15H2,1-2H3,(H,35,36,37,38)/t17-,21+/m1/s1. The van der Waals surface area contributed by atoms with E-state index in [-0.39, 0.29) is 53.1 Å². The van der Waals surface area contributed by atoms with E-state index >= 15 is 4.39 Å². The van der Waals surface area contributed by atoms with E-state index in [1.807, 2.05) is 4.90 Å². The zero-order valence-corrected chi connectivity index (χ0v) is 25.7. The molecule has 4 heterocycles. The number of likely N-dealkylation sites (tertiary alicyclic amines) is 1. The Hall–Kier alpha value is -3.02. The van der Waals surface area contributed by atoms with Gasteiger partial charge in [0.1, 0.15) is 12.1 Å². The van der Waals surface area contributed by atoms with Crippen molar-refractivity contribution < 1.29 is 36.9 Å². The van der Waals surface area contributed by atoms with Gasteiger partial charge in [0.15, 0.2) is 23.1 Å². The number of alkyl halides is 3. The number of anilines is 3. The van der Waals surface area contributed by atoms with E-state index in [1.54, 1.807) is 4.90 Å². The van der Waals surface area contributed by atoms with E-state index in [9.17, 15) is 27.8 Å². The predicted molar refractivity (Wildman–Crippen MR) is 159 cm³/mol. The fourth-order valence-electron chi connectivity index (χ4n) is 5.82. The average Bonchev–Trinajstić information content (AvgIpc) is 3.58. The third-order valence-corrected chi connectivity index (χ3v) is 9.09. The van der Waals surface area contributed by atoms with Gasteiger partial charge in [-0.1, -0.05) is 11.3 Å². The molecule has 2 aliphatic rings. The Balaban J connectivity index is 1.44. The molecule has 0 saturated carbocycles. The molecular weight excluding hydrogens is 621 g/mol. The van der Waals surface area contributed by atoms with Crippen molar-refractivity contribution in [3.05, 3.63) is 46.6 Å². The molecule has 0 unspecified atom stereocenters. The topological polar surface area (TPSA) is 110 Å². The molecular formula is C29H36F5N7O3S. The van der Waals surface area contributed by atoms with Crippen LogP contribution in [0.25, 0.3) is 11.3 Å². The molecule has 2 fully saturated rings. The Bertz CT molecular complexity index is 1460.